The number of methoxy groups -OCH3 is 1. The van der Waals surface area contributed by atoms with Gasteiger partial charge in [0.15, 0.2) is 11.5 Å². The van der Waals surface area contributed by atoms with Gasteiger partial charge in [0.1, 0.15) is 11.5 Å². The molecule has 3 aromatic rings. The van der Waals surface area contributed by atoms with Crippen molar-refractivity contribution in [1.82, 2.24) is 4.90 Å². The first kappa shape index (κ1) is 25.5. The molecule has 196 valence electrons. The molecule has 6 nitrogen and oxygen atoms in total. The summed E-state index contributed by atoms with van der Waals surface area (Å²) in [6, 6.07) is 15.1. The van der Waals surface area contributed by atoms with Gasteiger partial charge >= 0.3 is 0 Å². The highest BCUT2D eigenvalue weighted by Gasteiger charge is 2.33. The average Bonchev–Trinajstić information content (AvgIpc) is 2.88. The lowest BCUT2D eigenvalue weighted by molar-refractivity contribution is 0.0773. The maximum atomic E-state index is 13.4. The average molecular weight is 511 g/mol. The fourth-order valence-corrected chi connectivity index (χ4v) is 5.59. The number of nitrogens with one attached hydrogen (secondary N) is 1. The molecular formula is C32H34N2O4. The molecule has 0 spiro atoms. The smallest absolute Gasteiger partial charge is 0.254 e. The second-order valence-electron chi connectivity index (χ2n) is 10.3. The van der Waals surface area contributed by atoms with Crippen LogP contribution in [0.1, 0.15) is 61.7 Å². The standard InChI is InChI=1S/C32H34N2O4/c1-7-34(8-2)31(36)21-12-10-9-11-20(21)17-26-28-22(29-25(38-26)16-15-24(35)30(29)37-6)13-14-23-27(28)19(3)18-32(4,5)33-23/h9-18,33,35H,7-8H2,1-6H3. The molecule has 2 heterocycles. The van der Waals surface area contributed by atoms with E-state index < -0.39 is 0 Å². The van der Waals surface area contributed by atoms with Crippen molar-refractivity contribution in [2.75, 3.05) is 25.5 Å². The number of aromatic hydroxyl groups is 1. The number of hydrogen-bond donors (Lipinski definition) is 2. The number of carbonyl (C=O) groups is 1. The minimum Gasteiger partial charge on any atom is -0.504 e. The summed E-state index contributed by atoms with van der Waals surface area (Å²) in [6.07, 6.45) is 4.16. The van der Waals surface area contributed by atoms with Gasteiger partial charge < -0.3 is 24.8 Å². The number of allylic oxidation sites excluding steroid dienone is 1. The Balaban J connectivity index is 1.79. The van der Waals surface area contributed by atoms with Crippen molar-refractivity contribution in [1.29, 1.82) is 0 Å². The van der Waals surface area contributed by atoms with E-state index in [1.165, 1.54) is 0 Å². The minimum absolute atomic E-state index is 0.0138. The van der Waals surface area contributed by atoms with Gasteiger partial charge in [0.05, 0.1) is 18.2 Å². The normalized spacial score (nSPS) is 15.8. The van der Waals surface area contributed by atoms with E-state index in [9.17, 15) is 9.90 Å². The zero-order chi connectivity index (χ0) is 27.2. The molecule has 2 aliphatic heterocycles. The number of anilines is 1. The summed E-state index contributed by atoms with van der Waals surface area (Å²) in [7, 11) is 1.54. The van der Waals surface area contributed by atoms with Gasteiger partial charge in [0.25, 0.3) is 5.91 Å². The van der Waals surface area contributed by atoms with Crippen LogP contribution in [0.25, 0.3) is 28.5 Å². The summed E-state index contributed by atoms with van der Waals surface area (Å²) >= 11 is 0. The molecule has 0 aromatic heterocycles. The Morgan fingerprint density at radius 3 is 2.50 bits per heavy atom. The molecule has 0 fully saturated rings. The third-order valence-electron chi connectivity index (χ3n) is 7.20. The van der Waals surface area contributed by atoms with Crippen LogP contribution in [0.5, 0.6) is 17.2 Å². The fraction of sp³-hybridized carbons (Fsp3) is 0.281. The summed E-state index contributed by atoms with van der Waals surface area (Å²) in [5.41, 5.74) is 6.82. The van der Waals surface area contributed by atoms with Crippen LogP contribution in [0.2, 0.25) is 0 Å². The molecule has 2 N–H and O–H groups in total. The third kappa shape index (κ3) is 4.20. The number of carbonyl (C=O) groups excluding carboxylic acids is 1. The molecule has 0 atom stereocenters. The highest BCUT2D eigenvalue weighted by Crippen LogP contribution is 2.54. The van der Waals surface area contributed by atoms with Crippen LogP contribution in [-0.2, 0) is 0 Å². The van der Waals surface area contributed by atoms with Crippen LogP contribution < -0.4 is 14.8 Å². The van der Waals surface area contributed by atoms with E-state index in [1.54, 1.807) is 19.2 Å². The summed E-state index contributed by atoms with van der Waals surface area (Å²) in [5, 5.41) is 14.2. The lowest BCUT2D eigenvalue weighted by Crippen LogP contribution is -2.32. The summed E-state index contributed by atoms with van der Waals surface area (Å²) in [6.45, 7) is 11.6. The van der Waals surface area contributed by atoms with Gasteiger partial charge in [-0.05, 0) is 76.1 Å². The second-order valence-corrected chi connectivity index (χ2v) is 10.3. The largest absolute Gasteiger partial charge is 0.504 e. The number of amides is 1. The second kappa shape index (κ2) is 9.60. The maximum Gasteiger partial charge on any atom is 0.254 e. The van der Waals surface area contributed by atoms with E-state index in [4.69, 9.17) is 9.47 Å². The molecule has 5 rings (SSSR count). The van der Waals surface area contributed by atoms with Crippen molar-refractivity contribution < 1.29 is 19.4 Å². The van der Waals surface area contributed by atoms with E-state index in [-0.39, 0.29) is 17.2 Å². The monoisotopic (exact) mass is 510 g/mol. The van der Waals surface area contributed by atoms with Crippen molar-refractivity contribution in [3.05, 3.63) is 76.9 Å². The summed E-state index contributed by atoms with van der Waals surface area (Å²) in [4.78, 5) is 15.2. The van der Waals surface area contributed by atoms with Crippen LogP contribution in [0.15, 0.2) is 54.6 Å². The first-order chi connectivity index (χ1) is 18.2. The molecule has 0 bridgehead atoms. The Labute approximate surface area is 224 Å². The van der Waals surface area contributed by atoms with Crippen LogP contribution in [0, 0.1) is 0 Å². The number of benzene rings is 3. The van der Waals surface area contributed by atoms with E-state index in [2.05, 4.69) is 38.2 Å². The van der Waals surface area contributed by atoms with Gasteiger partial charge in [-0.15, -0.1) is 0 Å². The van der Waals surface area contributed by atoms with Gasteiger partial charge in [0, 0.05) is 41.0 Å². The molecule has 0 aliphatic carbocycles. The van der Waals surface area contributed by atoms with Crippen molar-refractivity contribution in [2.45, 2.75) is 40.2 Å². The van der Waals surface area contributed by atoms with Gasteiger partial charge in [-0.2, -0.15) is 0 Å². The molecule has 0 saturated carbocycles. The number of phenols is 1. The SMILES string of the molecule is CCN(CC)C(=O)c1ccccc1C=C1Oc2ccc(O)c(OC)c2-c2ccc3c(c21)C(C)=CC(C)(C)N3. The Bertz CT molecular complexity index is 1500. The molecule has 2 aliphatic rings. The number of ether oxygens (including phenoxy) is 2. The zero-order valence-electron chi connectivity index (χ0n) is 22.8. The predicted octanol–water partition coefficient (Wildman–Crippen LogP) is 7.05. The van der Waals surface area contributed by atoms with Crippen LogP contribution in [0.3, 0.4) is 0 Å². The van der Waals surface area contributed by atoms with Gasteiger partial charge in [-0.1, -0.05) is 30.3 Å². The maximum absolute atomic E-state index is 13.4. The van der Waals surface area contributed by atoms with Crippen LogP contribution >= 0.6 is 0 Å². The Morgan fingerprint density at radius 1 is 1.05 bits per heavy atom. The van der Waals surface area contributed by atoms with E-state index in [0.717, 1.165) is 33.5 Å². The number of rotatable bonds is 5. The van der Waals surface area contributed by atoms with Crippen molar-refractivity contribution in [2.24, 2.45) is 0 Å². The fourth-order valence-electron chi connectivity index (χ4n) is 5.59. The number of phenolic OH excluding ortho intramolecular Hbond substituents is 1. The lowest BCUT2D eigenvalue weighted by atomic mass is 9.82. The quantitative estimate of drug-likeness (QED) is 0.385. The van der Waals surface area contributed by atoms with Crippen molar-refractivity contribution in [3.63, 3.8) is 0 Å². The highest BCUT2D eigenvalue weighted by molar-refractivity contribution is 6.04. The van der Waals surface area contributed by atoms with E-state index >= 15 is 0 Å². The van der Waals surface area contributed by atoms with Crippen LogP contribution in [0.4, 0.5) is 5.69 Å². The summed E-state index contributed by atoms with van der Waals surface area (Å²) in [5.74, 6) is 1.61. The molecule has 0 saturated heterocycles. The van der Waals surface area contributed by atoms with Gasteiger partial charge in [-0.3, -0.25) is 4.79 Å². The molecule has 3 aromatic carbocycles. The molecular weight excluding hydrogens is 476 g/mol. The lowest BCUT2D eigenvalue weighted by Gasteiger charge is -2.35. The van der Waals surface area contributed by atoms with Crippen molar-refractivity contribution in [3.8, 4) is 28.4 Å². The first-order valence-electron chi connectivity index (χ1n) is 13.0. The number of nitrogens with zero attached hydrogens (tertiary/aromatic N) is 1. The third-order valence-corrected chi connectivity index (χ3v) is 7.20. The van der Waals surface area contributed by atoms with E-state index in [1.807, 2.05) is 55.2 Å². The molecule has 1 amide bonds. The molecule has 6 heteroatoms. The molecule has 0 radical (unpaired) electrons. The number of hydrogen-bond acceptors (Lipinski definition) is 5. The first-order valence-corrected chi connectivity index (χ1v) is 13.0. The number of fused-ring (bicyclic) bond motifs is 5. The molecule has 0 unspecified atom stereocenters. The van der Waals surface area contributed by atoms with Crippen molar-refractivity contribution >= 4 is 29.0 Å². The minimum atomic E-state index is -0.207. The topological polar surface area (TPSA) is 71.0 Å². The molecule has 38 heavy (non-hydrogen) atoms. The van der Waals surface area contributed by atoms with Gasteiger partial charge in [0.2, 0.25) is 0 Å². The van der Waals surface area contributed by atoms with Gasteiger partial charge in [-0.25, -0.2) is 0 Å². The zero-order valence-corrected chi connectivity index (χ0v) is 22.8. The van der Waals surface area contributed by atoms with Crippen LogP contribution in [-0.4, -0.2) is 41.7 Å². The Morgan fingerprint density at radius 2 is 1.79 bits per heavy atom. The Kier molecular flexibility index (Phi) is 6.43. The Hall–Kier alpha value is -4.19. The predicted molar refractivity (Wildman–Crippen MR) is 154 cm³/mol. The summed E-state index contributed by atoms with van der Waals surface area (Å²) < 4.78 is 12.2. The van der Waals surface area contributed by atoms with E-state index in [0.29, 0.717) is 41.5 Å². The highest BCUT2D eigenvalue weighted by atomic mass is 16.5.